The van der Waals surface area contributed by atoms with E-state index in [-0.39, 0.29) is 17.4 Å². The van der Waals surface area contributed by atoms with E-state index < -0.39 is 11.0 Å². The molecule has 0 spiro atoms. The van der Waals surface area contributed by atoms with Gasteiger partial charge in [-0.3, -0.25) is 14.9 Å². The van der Waals surface area contributed by atoms with Crippen LogP contribution in [0.4, 0.5) is 17.3 Å². The van der Waals surface area contributed by atoms with E-state index in [1.54, 1.807) is 49.0 Å². The molecule has 5 rings (SSSR count). The van der Waals surface area contributed by atoms with E-state index in [2.05, 4.69) is 20.7 Å². The van der Waals surface area contributed by atoms with Crippen LogP contribution in [-0.2, 0) is 4.79 Å². The Labute approximate surface area is 217 Å². The molecule has 1 unspecified atom stereocenters. The number of allylic oxidation sites excluding steroid dienone is 1. The van der Waals surface area contributed by atoms with Crippen LogP contribution in [0.5, 0.6) is 11.5 Å². The van der Waals surface area contributed by atoms with Crippen LogP contribution in [0.1, 0.15) is 18.5 Å². The van der Waals surface area contributed by atoms with Crippen LogP contribution in [0.15, 0.2) is 84.1 Å². The fraction of sp³-hybridized carbons (Fsp3) is 0.148. The van der Waals surface area contributed by atoms with Crippen molar-refractivity contribution in [3.63, 3.8) is 0 Å². The average molecular weight is 513 g/mol. The molecule has 0 fully saturated rings. The Bertz CT molecular complexity index is 1580. The second-order valence-corrected chi connectivity index (χ2v) is 8.51. The van der Waals surface area contributed by atoms with Crippen LogP contribution < -0.4 is 20.1 Å². The number of anilines is 2. The van der Waals surface area contributed by atoms with Crippen molar-refractivity contribution in [3.05, 3.63) is 99.7 Å². The number of nitrogens with zero attached hydrogens (tertiary/aromatic N) is 4. The molecule has 1 aliphatic rings. The number of methoxy groups -OCH3 is 2. The molecule has 0 saturated carbocycles. The van der Waals surface area contributed by atoms with E-state index >= 15 is 0 Å². The van der Waals surface area contributed by atoms with E-state index in [1.165, 1.54) is 19.2 Å². The standard InChI is InChI=1S/C27H24N6O5/c1-16-23(26(34)29-21-12-4-5-13-22(21)38-3)24(17-8-7-11-20(15-17)37-2)32-27(28-16)30-25(31-32)18-9-6-10-19(14-18)33(35)36/h4-15,24H,1-3H3,(H,29,34)(H,28,30,31). The van der Waals surface area contributed by atoms with Crippen molar-refractivity contribution in [2.24, 2.45) is 0 Å². The van der Waals surface area contributed by atoms with Gasteiger partial charge in [0.25, 0.3) is 11.6 Å². The van der Waals surface area contributed by atoms with Crippen LogP contribution in [0.2, 0.25) is 0 Å². The Morgan fingerprint density at radius 1 is 1.05 bits per heavy atom. The lowest BCUT2D eigenvalue weighted by Gasteiger charge is -2.29. The highest BCUT2D eigenvalue weighted by Crippen LogP contribution is 2.38. The van der Waals surface area contributed by atoms with Gasteiger partial charge in [-0.1, -0.05) is 36.4 Å². The molecule has 11 nitrogen and oxygen atoms in total. The van der Waals surface area contributed by atoms with Gasteiger partial charge in [0.05, 0.1) is 30.4 Å². The third-order valence-corrected chi connectivity index (χ3v) is 6.18. The summed E-state index contributed by atoms with van der Waals surface area (Å²) in [5.74, 6) is 1.46. The molecular weight excluding hydrogens is 488 g/mol. The zero-order valence-corrected chi connectivity index (χ0v) is 20.8. The van der Waals surface area contributed by atoms with E-state index in [4.69, 9.17) is 9.47 Å². The highest BCUT2D eigenvalue weighted by Gasteiger charge is 2.35. The number of benzene rings is 3. The number of non-ortho nitro benzene ring substituents is 1. The predicted molar refractivity (Wildman–Crippen MR) is 141 cm³/mol. The Balaban J connectivity index is 1.61. The van der Waals surface area contributed by atoms with Crippen molar-refractivity contribution >= 4 is 23.2 Å². The maximum Gasteiger partial charge on any atom is 0.270 e. The maximum absolute atomic E-state index is 13.8. The van der Waals surface area contributed by atoms with Crippen LogP contribution in [-0.4, -0.2) is 39.8 Å². The molecule has 1 amide bonds. The Morgan fingerprint density at radius 3 is 2.61 bits per heavy atom. The lowest BCUT2D eigenvalue weighted by molar-refractivity contribution is -0.384. The van der Waals surface area contributed by atoms with Crippen LogP contribution >= 0.6 is 0 Å². The van der Waals surface area contributed by atoms with E-state index in [9.17, 15) is 14.9 Å². The zero-order chi connectivity index (χ0) is 26.8. The monoisotopic (exact) mass is 512 g/mol. The second-order valence-electron chi connectivity index (χ2n) is 8.51. The number of fused-ring (bicyclic) bond motifs is 1. The molecule has 192 valence electrons. The molecule has 11 heteroatoms. The minimum absolute atomic E-state index is 0.0706. The van der Waals surface area contributed by atoms with Gasteiger partial charge in [0.1, 0.15) is 17.5 Å². The number of nitro benzene ring substituents is 1. The lowest BCUT2D eigenvalue weighted by atomic mass is 9.95. The smallest absolute Gasteiger partial charge is 0.270 e. The zero-order valence-electron chi connectivity index (χ0n) is 20.8. The number of aromatic nitrogens is 3. The normalized spacial score (nSPS) is 14.3. The Hall–Kier alpha value is -5.19. The molecule has 0 radical (unpaired) electrons. The molecule has 0 aliphatic carbocycles. The largest absolute Gasteiger partial charge is 0.497 e. The van der Waals surface area contributed by atoms with Gasteiger partial charge < -0.3 is 20.1 Å². The number of hydrogen-bond acceptors (Lipinski definition) is 8. The van der Waals surface area contributed by atoms with Gasteiger partial charge >= 0.3 is 0 Å². The van der Waals surface area contributed by atoms with Gasteiger partial charge in [0, 0.05) is 23.4 Å². The summed E-state index contributed by atoms with van der Waals surface area (Å²) in [6.45, 7) is 1.79. The number of amides is 1. The van der Waals surface area contributed by atoms with Crippen LogP contribution in [0, 0.1) is 10.1 Å². The highest BCUT2D eigenvalue weighted by atomic mass is 16.6. The second kappa shape index (κ2) is 10.1. The average Bonchev–Trinajstić information content (AvgIpc) is 3.36. The fourth-order valence-electron chi connectivity index (χ4n) is 4.38. The first-order valence-electron chi connectivity index (χ1n) is 11.7. The van der Waals surface area contributed by atoms with Gasteiger partial charge in [-0.15, -0.1) is 5.10 Å². The number of carbonyl (C=O) groups excluding carboxylic acids is 1. The molecule has 3 aromatic carbocycles. The van der Waals surface area contributed by atoms with Crippen molar-refractivity contribution in [1.82, 2.24) is 14.8 Å². The number of carbonyl (C=O) groups is 1. The highest BCUT2D eigenvalue weighted by molar-refractivity contribution is 6.06. The number of para-hydroxylation sites is 2. The number of nitrogens with one attached hydrogen (secondary N) is 2. The van der Waals surface area contributed by atoms with E-state index in [0.29, 0.717) is 40.0 Å². The van der Waals surface area contributed by atoms with Crippen molar-refractivity contribution < 1.29 is 19.2 Å². The van der Waals surface area contributed by atoms with Gasteiger partial charge in [-0.2, -0.15) is 4.98 Å². The first-order valence-corrected chi connectivity index (χ1v) is 11.7. The molecule has 0 bridgehead atoms. The number of hydrogen-bond donors (Lipinski definition) is 2. The van der Waals surface area contributed by atoms with E-state index in [1.807, 2.05) is 30.3 Å². The quantitative estimate of drug-likeness (QED) is 0.267. The molecule has 1 aromatic heterocycles. The summed E-state index contributed by atoms with van der Waals surface area (Å²) in [5.41, 5.74) is 2.66. The third-order valence-electron chi connectivity index (χ3n) is 6.18. The van der Waals surface area contributed by atoms with Gasteiger partial charge in [0.15, 0.2) is 5.82 Å². The number of ether oxygens (including phenoxy) is 2. The number of rotatable bonds is 7. The van der Waals surface area contributed by atoms with Crippen molar-refractivity contribution in [1.29, 1.82) is 0 Å². The first kappa shape index (κ1) is 24.5. The summed E-state index contributed by atoms with van der Waals surface area (Å²) in [5, 5.41) is 22.1. The van der Waals surface area contributed by atoms with Crippen molar-refractivity contribution in [2.75, 3.05) is 24.9 Å². The molecule has 4 aromatic rings. The molecule has 2 N–H and O–H groups in total. The molecule has 1 atom stereocenters. The Morgan fingerprint density at radius 2 is 1.84 bits per heavy atom. The first-order chi connectivity index (χ1) is 18.4. The minimum Gasteiger partial charge on any atom is -0.497 e. The lowest BCUT2D eigenvalue weighted by Crippen LogP contribution is -2.31. The Kier molecular flexibility index (Phi) is 6.48. The summed E-state index contributed by atoms with van der Waals surface area (Å²) in [6.07, 6.45) is 0. The molecule has 0 saturated heterocycles. The fourth-order valence-corrected chi connectivity index (χ4v) is 4.38. The third kappa shape index (κ3) is 4.52. The van der Waals surface area contributed by atoms with Crippen LogP contribution in [0.3, 0.4) is 0 Å². The maximum atomic E-state index is 13.8. The van der Waals surface area contributed by atoms with E-state index in [0.717, 1.165) is 5.56 Å². The summed E-state index contributed by atoms with van der Waals surface area (Å²) in [6, 6.07) is 19.9. The van der Waals surface area contributed by atoms with Crippen LogP contribution in [0.25, 0.3) is 11.4 Å². The van der Waals surface area contributed by atoms with Crippen molar-refractivity contribution in [3.8, 4) is 22.9 Å². The summed E-state index contributed by atoms with van der Waals surface area (Å²) >= 11 is 0. The topological polar surface area (TPSA) is 133 Å². The van der Waals surface area contributed by atoms with Gasteiger partial charge in [0.2, 0.25) is 5.95 Å². The summed E-state index contributed by atoms with van der Waals surface area (Å²) in [4.78, 5) is 29.2. The van der Waals surface area contributed by atoms with Crippen molar-refractivity contribution in [2.45, 2.75) is 13.0 Å². The minimum atomic E-state index is -0.670. The molecule has 1 aliphatic heterocycles. The summed E-state index contributed by atoms with van der Waals surface area (Å²) < 4.78 is 12.4. The number of nitro groups is 1. The van der Waals surface area contributed by atoms with Gasteiger partial charge in [-0.25, -0.2) is 4.68 Å². The summed E-state index contributed by atoms with van der Waals surface area (Å²) in [7, 11) is 3.10. The SMILES string of the molecule is COc1cccc(C2C(C(=O)Nc3ccccc3OC)=C(C)Nc3nc(-c4cccc([N+](=O)[O-])c4)nn32)c1. The molecule has 38 heavy (non-hydrogen) atoms. The van der Waals surface area contributed by atoms with Gasteiger partial charge in [-0.05, 0) is 36.8 Å². The predicted octanol–water partition coefficient (Wildman–Crippen LogP) is 4.80. The molecular formula is C27H24N6O5. The molecule has 2 heterocycles.